The first kappa shape index (κ1) is 22.8. The molecule has 0 spiro atoms. The number of aliphatic hydroxyl groups is 1. The molecular weight excluding hydrogens is 396 g/mol. The Morgan fingerprint density at radius 3 is 2.33 bits per heavy atom. The lowest BCUT2D eigenvalue weighted by Crippen LogP contribution is -2.39. The molecule has 0 heterocycles. The molecule has 2 aromatic carbocycles. The highest BCUT2D eigenvalue weighted by Crippen LogP contribution is 2.35. The maximum atomic E-state index is 12.8. The van der Waals surface area contributed by atoms with Gasteiger partial charge in [-0.15, -0.1) is 0 Å². The molecule has 3 rings (SSSR count). The number of hydrogen-bond donors (Lipinski definition) is 2. The van der Waals surface area contributed by atoms with Gasteiger partial charge in [-0.25, -0.2) is 0 Å². The second-order valence-electron chi connectivity index (χ2n) is 8.25. The highest BCUT2D eigenvalue weighted by Gasteiger charge is 2.27. The summed E-state index contributed by atoms with van der Waals surface area (Å²) in [5.74, 6) is 0.657. The number of rotatable bonds is 9. The van der Waals surface area contributed by atoms with Crippen LogP contribution < -0.4 is 5.32 Å². The summed E-state index contributed by atoms with van der Waals surface area (Å²) in [5, 5.41) is 12.8. The Hall–Kier alpha value is -1.88. The van der Waals surface area contributed by atoms with Gasteiger partial charge in [0, 0.05) is 30.3 Å². The van der Waals surface area contributed by atoms with Crippen LogP contribution in [0.3, 0.4) is 0 Å². The zero-order valence-corrected chi connectivity index (χ0v) is 18.6. The Kier molecular flexibility index (Phi) is 8.74. The first-order valence-electron chi connectivity index (χ1n) is 11.0. The van der Waals surface area contributed by atoms with Crippen LogP contribution in [0.1, 0.15) is 59.5 Å². The maximum Gasteiger partial charge on any atom is 0.253 e. The van der Waals surface area contributed by atoms with Crippen LogP contribution in [0.2, 0.25) is 5.02 Å². The molecule has 162 valence electrons. The number of halogens is 1. The lowest BCUT2D eigenvalue weighted by molar-refractivity contribution is 0.0689. The fourth-order valence-corrected chi connectivity index (χ4v) is 4.40. The third kappa shape index (κ3) is 6.31. The number of carbonyl (C=O) groups excluding carboxylic acids is 1. The van der Waals surface area contributed by atoms with Crippen molar-refractivity contribution in [2.45, 2.75) is 50.5 Å². The molecule has 2 aromatic rings. The van der Waals surface area contributed by atoms with Crippen molar-refractivity contribution in [2.75, 3.05) is 26.7 Å². The second kappa shape index (κ2) is 11.5. The average molecular weight is 429 g/mol. The molecule has 0 bridgehead atoms. The van der Waals surface area contributed by atoms with Crippen molar-refractivity contribution in [1.82, 2.24) is 10.2 Å². The van der Waals surface area contributed by atoms with Gasteiger partial charge in [0.25, 0.3) is 5.91 Å². The topological polar surface area (TPSA) is 52.6 Å². The Labute approximate surface area is 185 Å². The molecule has 1 aliphatic carbocycles. The molecule has 0 radical (unpaired) electrons. The third-order valence-corrected chi connectivity index (χ3v) is 6.46. The normalized spacial score (nSPS) is 18.9. The Morgan fingerprint density at radius 1 is 1.03 bits per heavy atom. The molecule has 0 saturated heterocycles. The van der Waals surface area contributed by atoms with Crippen LogP contribution in [0.4, 0.5) is 0 Å². The molecule has 2 N–H and O–H groups in total. The van der Waals surface area contributed by atoms with E-state index in [0.29, 0.717) is 22.5 Å². The Balaban J connectivity index is 1.46. The summed E-state index contributed by atoms with van der Waals surface area (Å²) in [4.78, 5) is 14.7. The summed E-state index contributed by atoms with van der Waals surface area (Å²) in [6, 6.07) is 16.5. The van der Waals surface area contributed by atoms with E-state index in [-0.39, 0.29) is 12.5 Å². The molecule has 0 aromatic heterocycles. The van der Waals surface area contributed by atoms with E-state index in [2.05, 4.69) is 29.6 Å². The number of nitrogens with zero attached hydrogens (tertiary/aromatic N) is 1. The number of hydrogen-bond acceptors (Lipinski definition) is 3. The minimum Gasteiger partial charge on any atom is -0.396 e. The van der Waals surface area contributed by atoms with Gasteiger partial charge in [0.15, 0.2) is 0 Å². The molecule has 1 aliphatic rings. The van der Waals surface area contributed by atoms with Crippen molar-refractivity contribution < 1.29 is 9.90 Å². The van der Waals surface area contributed by atoms with Crippen LogP contribution >= 0.6 is 11.6 Å². The summed E-state index contributed by atoms with van der Waals surface area (Å²) >= 11 is 5.94. The first-order chi connectivity index (χ1) is 14.6. The molecule has 1 amide bonds. The largest absolute Gasteiger partial charge is 0.396 e. The molecule has 0 aliphatic heterocycles. The van der Waals surface area contributed by atoms with E-state index in [1.807, 2.05) is 11.9 Å². The van der Waals surface area contributed by atoms with E-state index in [0.717, 1.165) is 51.6 Å². The van der Waals surface area contributed by atoms with Gasteiger partial charge in [0.2, 0.25) is 0 Å². The summed E-state index contributed by atoms with van der Waals surface area (Å²) in [6.45, 7) is 2.06. The molecule has 1 fully saturated rings. The summed E-state index contributed by atoms with van der Waals surface area (Å²) in [7, 11) is 1.92. The number of aliphatic hydroxyl groups excluding tert-OH is 1. The molecule has 30 heavy (non-hydrogen) atoms. The van der Waals surface area contributed by atoms with Gasteiger partial charge < -0.3 is 15.3 Å². The first-order valence-corrected chi connectivity index (χ1v) is 11.4. The Bertz CT molecular complexity index is 784. The molecule has 0 atom stereocenters. The zero-order chi connectivity index (χ0) is 21.3. The number of nitrogens with one attached hydrogen (secondary N) is 1. The minimum atomic E-state index is 0.0760. The van der Waals surface area contributed by atoms with Crippen molar-refractivity contribution in [3.05, 3.63) is 70.2 Å². The number of carbonyl (C=O) groups is 1. The lowest BCUT2D eigenvalue weighted by atomic mass is 9.81. The molecule has 4 nitrogen and oxygen atoms in total. The highest BCUT2D eigenvalue weighted by molar-refractivity contribution is 6.30. The van der Waals surface area contributed by atoms with Crippen molar-refractivity contribution >= 4 is 17.5 Å². The Morgan fingerprint density at radius 2 is 1.70 bits per heavy atom. The SMILES string of the molecule is CN(C(=O)c1ccc(Cl)cc1)C1CCC(c2ccc(CCNCCCO)cc2)CC1. The van der Waals surface area contributed by atoms with Gasteiger partial charge in [0.1, 0.15) is 0 Å². The third-order valence-electron chi connectivity index (χ3n) is 6.21. The van der Waals surface area contributed by atoms with Gasteiger partial charge in [0.05, 0.1) is 0 Å². The van der Waals surface area contributed by atoms with Crippen molar-refractivity contribution in [3.8, 4) is 0 Å². The van der Waals surface area contributed by atoms with Gasteiger partial charge in [-0.05, 0) is 92.9 Å². The highest BCUT2D eigenvalue weighted by atomic mass is 35.5. The number of benzene rings is 2. The fourth-order valence-electron chi connectivity index (χ4n) is 4.28. The van der Waals surface area contributed by atoms with Gasteiger partial charge in [-0.2, -0.15) is 0 Å². The smallest absolute Gasteiger partial charge is 0.253 e. The van der Waals surface area contributed by atoms with Gasteiger partial charge >= 0.3 is 0 Å². The van der Waals surface area contributed by atoms with E-state index in [9.17, 15) is 4.79 Å². The second-order valence-corrected chi connectivity index (χ2v) is 8.68. The minimum absolute atomic E-state index is 0.0760. The van der Waals surface area contributed by atoms with Crippen LogP contribution in [0, 0.1) is 0 Å². The van der Waals surface area contributed by atoms with Gasteiger partial charge in [-0.1, -0.05) is 35.9 Å². The summed E-state index contributed by atoms with van der Waals surface area (Å²) < 4.78 is 0. The molecular formula is C25H33ClN2O2. The van der Waals surface area contributed by atoms with Crippen molar-refractivity contribution in [1.29, 1.82) is 0 Å². The van der Waals surface area contributed by atoms with E-state index in [4.69, 9.17) is 16.7 Å². The quantitative estimate of drug-likeness (QED) is 0.571. The van der Waals surface area contributed by atoms with Crippen LogP contribution in [0.25, 0.3) is 0 Å². The monoisotopic (exact) mass is 428 g/mol. The molecule has 5 heteroatoms. The summed E-state index contributed by atoms with van der Waals surface area (Å²) in [5.41, 5.74) is 3.46. The van der Waals surface area contributed by atoms with Gasteiger partial charge in [-0.3, -0.25) is 4.79 Å². The van der Waals surface area contributed by atoms with Crippen LogP contribution in [0.5, 0.6) is 0 Å². The van der Waals surface area contributed by atoms with E-state index < -0.39 is 0 Å². The average Bonchev–Trinajstić information content (AvgIpc) is 2.79. The van der Waals surface area contributed by atoms with E-state index in [1.165, 1.54) is 11.1 Å². The summed E-state index contributed by atoms with van der Waals surface area (Å²) in [6.07, 6.45) is 6.13. The van der Waals surface area contributed by atoms with E-state index >= 15 is 0 Å². The van der Waals surface area contributed by atoms with Crippen LogP contribution in [-0.2, 0) is 6.42 Å². The number of amides is 1. The predicted molar refractivity (Wildman–Crippen MR) is 123 cm³/mol. The maximum absolute atomic E-state index is 12.8. The fraction of sp³-hybridized carbons (Fsp3) is 0.480. The van der Waals surface area contributed by atoms with E-state index in [1.54, 1.807) is 24.3 Å². The molecule has 1 saturated carbocycles. The molecule has 0 unspecified atom stereocenters. The standard InChI is InChI=1S/C25H33ClN2O2/c1-28(25(30)22-7-11-23(26)12-8-22)24-13-9-21(10-14-24)20-5-3-19(4-6-20)15-17-27-16-2-18-29/h3-8,11-12,21,24,27,29H,2,9-10,13-18H2,1H3. The predicted octanol–water partition coefficient (Wildman–Crippen LogP) is 4.65. The van der Waals surface area contributed by atoms with Crippen LogP contribution in [0.15, 0.2) is 48.5 Å². The zero-order valence-electron chi connectivity index (χ0n) is 17.8. The van der Waals surface area contributed by atoms with Crippen molar-refractivity contribution in [3.63, 3.8) is 0 Å². The lowest BCUT2D eigenvalue weighted by Gasteiger charge is -2.35. The van der Waals surface area contributed by atoms with Crippen molar-refractivity contribution in [2.24, 2.45) is 0 Å². The van der Waals surface area contributed by atoms with Crippen LogP contribution in [-0.4, -0.2) is 48.7 Å².